The van der Waals surface area contributed by atoms with Crippen LogP contribution in [0, 0.1) is 10.5 Å². The van der Waals surface area contributed by atoms with Gasteiger partial charge in [0.25, 0.3) is 0 Å². The molecule has 1 heterocycles. The van der Waals surface area contributed by atoms with E-state index in [-0.39, 0.29) is 0 Å². The number of thioether (sulfide) groups is 1. The summed E-state index contributed by atoms with van der Waals surface area (Å²) in [5.74, 6) is 2.59. The minimum atomic E-state index is 0.669. The van der Waals surface area contributed by atoms with Gasteiger partial charge in [-0.3, -0.25) is 0 Å². The van der Waals surface area contributed by atoms with E-state index in [1.807, 2.05) is 0 Å². The summed E-state index contributed by atoms with van der Waals surface area (Å²) in [6, 6.07) is 7.30. The fourth-order valence-corrected chi connectivity index (χ4v) is 3.36. The SMILES string of the molecule is Cc1ccc(NC2CCCSC2)cc1I. The molecule has 15 heavy (non-hydrogen) atoms. The Morgan fingerprint density at radius 3 is 3.00 bits per heavy atom. The summed E-state index contributed by atoms with van der Waals surface area (Å²) >= 11 is 4.46. The summed E-state index contributed by atoms with van der Waals surface area (Å²) in [6.45, 7) is 2.15. The number of nitrogens with one attached hydrogen (secondary N) is 1. The molecular formula is C12H16INS. The number of hydrogen-bond acceptors (Lipinski definition) is 2. The summed E-state index contributed by atoms with van der Waals surface area (Å²) in [6.07, 6.45) is 2.67. The van der Waals surface area contributed by atoms with Crippen LogP contribution >= 0.6 is 34.4 Å². The van der Waals surface area contributed by atoms with Gasteiger partial charge in [-0.25, -0.2) is 0 Å². The van der Waals surface area contributed by atoms with Gasteiger partial charge in [-0.2, -0.15) is 11.8 Å². The highest BCUT2D eigenvalue weighted by molar-refractivity contribution is 14.1. The molecule has 1 atom stereocenters. The minimum Gasteiger partial charge on any atom is -0.381 e. The van der Waals surface area contributed by atoms with E-state index in [1.54, 1.807) is 0 Å². The van der Waals surface area contributed by atoms with Gasteiger partial charge in [0.05, 0.1) is 0 Å². The predicted octanol–water partition coefficient (Wildman–Crippen LogP) is 3.91. The number of halogens is 1. The van der Waals surface area contributed by atoms with Crippen molar-refractivity contribution in [1.82, 2.24) is 0 Å². The molecule has 1 unspecified atom stereocenters. The third kappa shape index (κ3) is 3.28. The van der Waals surface area contributed by atoms with E-state index in [0.29, 0.717) is 6.04 Å². The van der Waals surface area contributed by atoms with Crippen molar-refractivity contribution < 1.29 is 0 Å². The van der Waals surface area contributed by atoms with Crippen LogP contribution in [0.15, 0.2) is 18.2 Å². The van der Waals surface area contributed by atoms with Crippen LogP contribution in [0.5, 0.6) is 0 Å². The molecular weight excluding hydrogens is 317 g/mol. The van der Waals surface area contributed by atoms with Gasteiger partial charge in [-0.1, -0.05) is 6.07 Å². The number of hydrogen-bond donors (Lipinski definition) is 1. The quantitative estimate of drug-likeness (QED) is 0.824. The van der Waals surface area contributed by atoms with Crippen LogP contribution in [0.3, 0.4) is 0 Å². The second-order valence-electron chi connectivity index (χ2n) is 4.02. The number of benzene rings is 1. The van der Waals surface area contributed by atoms with Gasteiger partial charge in [0, 0.05) is 21.1 Å². The van der Waals surface area contributed by atoms with Crippen LogP contribution in [0.4, 0.5) is 5.69 Å². The fraction of sp³-hybridized carbons (Fsp3) is 0.500. The van der Waals surface area contributed by atoms with Gasteiger partial charge >= 0.3 is 0 Å². The molecule has 82 valence electrons. The molecule has 0 spiro atoms. The Hall–Kier alpha value is 0.100. The Labute approximate surface area is 110 Å². The normalized spacial score (nSPS) is 21.3. The van der Waals surface area contributed by atoms with Crippen LogP contribution < -0.4 is 5.32 Å². The van der Waals surface area contributed by atoms with Crippen molar-refractivity contribution in [2.75, 3.05) is 16.8 Å². The first-order chi connectivity index (χ1) is 7.25. The zero-order valence-electron chi connectivity index (χ0n) is 8.92. The predicted molar refractivity (Wildman–Crippen MR) is 77.9 cm³/mol. The largest absolute Gasteiger partial charge is 0.381 e. The lowest BCUT2D eigenvalue weighted by molar-refractivity contribution is 0.685. The zero-order chi connectivity index (χ0) is 10.7. The van der Waals surface area contributed by atoms with Crippen molar-refractivity contribution in [1.29, 1.82) is 0 Å². The first-order valence-corrected chi connectivity index (χ1v) is 7.59. The maximum atomic E-state index is 3.62. The van der Waals surface area contributed by atoms with Crippen LogP contribution in [-0.4, -0.2) is 17.5 Å². The summed E-state index contributed by atoms with van der Waals surface area (Å²) in [5.41, 5.74) is 2.64. The Bertz CT molecular complexity index is 334. The third-order valence-corrected chi connectivity index (χ3v) is 5.08. The summed E-state index contributed by atoms with van der Waals surface area (Å²) in [4.78, 5) is 0. The van der Waals surface area contributed by atoms with E-state index in [2.05, 4.69) is 64.8 Å². The standard InChI is InChI=1S/C12H16INS/c1-9-4-5-10(7-12(9)13)14-11-3-2-6-15-8-11/h4-5,7,11,14H,2-3,6,8H2,1H3. The summed E-state index contributed by atoms with van der Waals surface area (Å²) in [5, 5.41) is 3.62. The van der Waals surface area contributed by atoms with Crippen molar-refractivity contribution >= 4 is 40.0 Å². The van der Waals surface area contributed by atoms with E-state index >= 15 is 0 Å². The zero-order valence-corrected chi connectivity index (χ0v) is 11.9. The smallest absolute Gasteiger partial charge is 0.0353 e. The Morgan fingerprint density at radius 2 is 2.33 bits per heavy atom. The van der Waals surface area contributed by atoms with Gasteiger partial charge < -0.3 is 5.32 Å². The first-order valence-electron chi connectivity index (χ1n) is 5.36. The van der Waals surface area contributed by atoms with Crippen LogP contribution in [0.1, 0.15) is 18.4 Å². The van der Waals surface area contributed by atoms with Crippen LogP contribution in [0.25, 0.3) is 0 Å². The third-order valence-electron chi connectivity index (χ3n) is 2.70. The van der Waals surface area contributed by atoms with E-state index in [4.69, 9.17) is 0 Å². The molecule has 2 rings (SSSR count). The van der Waals surface area contributed by atoms with Crippen molar-refractivity contribution in [3.8, 4) is 0 Å². The second-order valence-corrected chi connectivity index (χ2v) is 6.33. The Balaban J connectivity index is 2.00. The molecule has 0 amide bonds. The molecule has 0 radical (unpaired) electrons. The molecule has 0 bridgehead atoms. The lowest BCUT2D eigenvalue weighted by Gasteiger charge is -2.23. The van der Waals surface area contributed by atoms with Crippen molar-refractivity contribution in [3.05, 3.63) is 27.3 Å². The highest BCUT2D eigenvalue weighted by Crippen LogP contribution is 2.22. The van der Waals surface area contributed by atoms with E-state index < -0.39 is 0 Å². The fourth-order valence-electron chi connectivity index (χ4n) is 1.77. The lowest BCUT2D eigenvalue weighted by Crippen LogP contribution is -2.25. The van der Waals surface area contributed by atoms with E-state index in [9.17, 15) is 0 Å². The Kier molecular flexibility index (Phi) is 4.20. The maximum absolute atomic E-state index is 3.62. The highest BCUT2D eigenvalue weighted by atomic mass is 127. The van der Waals surface area contributed by atoms with Gasteiger partial charge in [0.15, 0.2) is 0 Å². The Morgan fingerprint density at radius 1 is 1.47 bits per heavy atom. The van der Waals surface area contributed by atoms with Crippen LogP contribution in [-0.2, 0) is 0 Å². The number of rotatable bonds is 2. The van der Waals surface area contributed by atoms with Gasteiger partial charge in [0.1, 0.15) is 0 Å². The molecule has 0 aliphatic carbocycles. The average Bonchev–Trinajstić information content (AvgIpc) is 2.25. The maximum Gasteiger partial charge on any atom is 0.0353 e. The van der Waals surface area contributed by atoms with Crippen molar-refractivity contribution in [2.24, 2.45) is 0 Å². The van der Waals surface area contributed by atoms with Gasteiger partial charge in [-0.15, -0.1) is 0 Å². The molecule has 1 aliphatic rings. The molecule has 0 aromatic heterocycles. The van der Waals surface area contributed by atoms with Crippen molar-refractivity contribution in [2.45, 2.75) is 25.8 Å². The number of aryl methyl sites for hydroxylation is 1. The lowest BCUT2D eigenvalue weighted by atomic mass is 10.1. The van der Waals surface area contributed by atoms with Crippen LogP contribution in [0.2, 0.25) is 0 Å². The topological polar surface area (TPSA) is 12.0 Å². The van der Waals surface area contributed by atoms with E-state index in [1.165, 1.54) is 39.2 Å². The molecule has 1 aromatic carbocycles. The monoisotopic (exact) mass is 333 g/mol. The van der Waals surface area contributed by atoms with Gasteiger partial charge in [0.2, 0.25) is 0 Å². The molecule has 1 saturated heterocycles. The molecule has 3 heteroatoms. The highest BCUT2D eigenvalue weighted by Gasteiger charge is 2.13. The first kappa shape index (κ1) is 11.6. The minimum absolute atomic E-state index is 0.669. The van der Waals surface area contributed by atoms with E-state index in [0.717, 1.165) is 0 Å². The average molecular weight is 333 g/mol. The van der Waals surface area contributed by atoms with Gasteiger partial charge in [-0.05, 0) is 65.8 Å². The molecule has 0 saturated carbocycles. The molecule has 1 N–H and O–H groups in total. The molecule has 1 aliphatic heterocycles. The van der Waals surface area contributed by atoms with Crippen molar-refractivity contribution in [3.63, 3.8) is 0 Å². The second kappa shape index (κ2) is 5.43. The summed E-state index contributed by atoms with van der Waals surface area (Å²) in [7, 11) is 0. The molecule has 1 nitrogen and oxygen atoms in total. The summed E-state index contributed by atoms with van der Waals surface area (Å²) < 4.78 is 1.35. The molecule has 1 aromatic rings. The molecule has 1 fully saturated rings. The number of anilines is 1.